The molecule has 0 aliphatic heterocycles. The van der Waals surface area contributed by atoms with Crippen LogP contribution < -0.4 is 9.47 Å². The van der Waals surface area contributed by atoms with E-state index in [1.165, 1.54) is 0 Å². The summed E-state index contributed by atoms with van der Waals surface area (Å²) in [6, 6.07) is 21.0. The van der Waals surface area contributed by atoms with Crippen LogP contribution in [0.2, 0.25) is 0 Å². The van der Waals surface area contributed by atoms with Crippen LogP contribution in [-0.2, 0) is 0 Å². The Bertz CT molecular complexity index is 1930. The number of fused-ring (bicyclic) bond motifs is 2. The van der Waals surface area contributed by atoms with Gasteiger partial charge in [0, 0.05) is 33.9 Å². The molecule has 2 spiro atoms. The molecule has 1 unspecified atom stereocenters. The molecule has 2 N–H and O–H groups in total. The number of benzene rings is 3. The van der Waals surface area contributed by atoms with Gasteiger partial charge in [-0.3, -0.25) is 4.79 Å². The van der Waals surface area contributed by atoms with Crippen LogP contribution in [0.3, 0.4) is 0 Å². The van der Waals surface area contributed by atoms with Crippen molar-refractivity contribution in [3.8, 4) is 11.5 Å². The van der Waals surface area contributed by atoms with Crippen LogP contribution in [0.4, 0.5) is 4.79 Å². The minimum absolute atomic E-state index is 0.0135. The zero-order chi connectivity index (χ0) is 35.8. The van der Waals surface area contributed by atoms with Crippen molar-refractivity contribution in [3.05, 3.63) is 96.1 Å². The number of ether oxygens (including phenoxy) is 2. The summed E-state index contributed by atoms with van der Waals surface area (Å²) in [5.74, 6) is 1.37. The van der Waals surface area contributed by atoms with Gasteiger partial charge in [-0.05, 0) is 116 Å². The number of allylic oxidation sites excluding steroid dienone is 4. The summed E-state index contributed by atoms with van der Waals surface area (Å²) in [5.41, 5.74) is -1.40. The smallest absolute Gasteiger partial charge is 0.415 e. The fraction of sp³-hybridized carbons (Fsp3) is 0.500. The van der Waals surface area contributed by atoms with Gasteiger partial charge in [0.25, 0.3) is 0 Å². The average Bonchev–Trinajstić information content (AvgIpc) is 3.40. The highest BCUT2D eigenvalue weighted by atomic mass is 16.6. The number of hydrogen-bond acceptors (Lipinski definition) is 6. The van der Waals surface area contributed by atoms with Gasteiger partial charge in [0.05, 0.1) is 25.4 Å². The predicted molar refractivity (Wildman–Crippen MR) is 198 cm³/mol. The Labute approximate surface area is 301 Å². The number of Topliss-reactive ketones (excluding diaryl/α,β-unsaturated/α-hetero) is 1. The highest BCUT2D eigenvalue weighted by Crippen LogP contribution is 2.78. The van der Waals surface area contributed by atoms with E-state index in [1.54, 1.807) is 12.0 Å². The molecule has 2 bridgehead atoms. The molecule has 8 atom stereocenters. The van der Waals surface area contributed by atoms with E-state index in [2.05, 4.69) is 32.1 Å². The lowest BCUT2D eigenvalue weighted by molar-refractivity contribution is -0.175. The quantitative estimate of drug-likeness (QED) is 0.182. The number of rotatable bonds is 8. The van der Waals surface area contributed by atoms with E-state index < -0.39 is 34.0 Å². The molecule has 0 aromatic heterocycles. The molecule has 3 aromatic carbocycles. The Hall–Kier alpha value is -3.94. The fourth-order valence-electron chi connectivity index (χ4n) is 11.7. The van der Waals surface area contributed by atoms with Crippen LogP contribution in [0, 0.1) is 33.5 Å². The van der Waals surface area contributed by atoms with Gasteiger partial charge in [0.1, 0.15) is 11.5 Å². The molecule has 268 valence electrons. The second-order valence-corrected chi connectivity index (χ2v) is 16.7. The number of carbonyl (C=O) groups excluding carboxylic acids is 2. The number of hydrogen-bond donors (Lipinski definition) is 2. The lowest BCUT2D eigenvalue weighted by Crippen LogP contribution is -2.67. The Balaban J connectivity index is 1.15. The molecule has 0 heterocycles. The second-order valence-electron chi connectivity index (χ2n) is 16.7. The van der Waals surface area contributed by atoms with E-state index in [1.807, 2.05) is 73.7 Å². The summed E-state index contributed by atoms with van der Waals surface area (Å²) in [7, 11) is 1.62. The third-order valence-electron chi connectivity index (χ3n) is 14.4. The summed E-state index contributed by atoms with van der Waals surface area (Å²) in [4.78, 5) is 30.4. The number of aliphatic hydroxyl groups excluding tert-OH is 1. The average molecular weight is 690 g/mol. The maximum absolute atomic E-state index is 14.8. The first-order valence-corrected chi connectivity index (χ1v) is 18.9. The molecule has 1 amide bonds. The van der Waals surface area contributed by atoms with Crippen molar-refractivity contribution >= 4 is 22.6 Å². The number of aliphatic hydroxyl groups is 2. The number of methoxy groups -OCH3 is 1. The lowest BCUT2D eigenvalue weighted by atomic mass is 9.32. The van der Waals surface area contributed by atoms with E-state index in [0.717, 1.165) is 54.9 Å². The third-order valence-corrected chi connectivity index (χ3v) is 14.4. The van der Waals surface area contributed by atoms with Gasteiger partial charge in [-0.1, -0.05) is 69.3 Å². The first kappa shape index (κ1) is 34.2. The van der Waals surface area contributed by atoms with Gasteiger partial charge in [-0.25, -0.2) is 4.79 Å². The van der Waals surface area contributed by atoms with Crippen molar-refractivity contribution in [2.75, 3.05) is 20.2 Å². The fourth-order valence-corrected chi connectivity index (χ4v) is 11.7. The molecular weight excluding hydrogens is 638 g/mol. The van der Waals surface area contributed by atoms with Gasteiger partial charge in [0.2, 0.25) is 0 Å². The van der Waals surface area contributed by atoms with Crippen molar-refractivity contribution in [1.82, 2.24) is 4.90 Å². The first-order valence-electron chi connectivity index (χ1n) is 18.9. The van der Waals surface area contributed by atoms with Crippen molar-refractivity contribution in [3.63, 3.8) is 0 Å². The van der Waals surface area contributed by atoms with Gasteiger partial charge < -0.3 is 24.6 Å². The van der Waals surface area contributed by atoms with Gasteiger partial charge in [0.15, 0.2) is 5.78 Å². The Morgan fingerprint density at radius 1 is 0.863 bits per heavy atom. The van der Waals surface area contributed by atoms with E-state index in [0.29, 0.717) is 36.4 Å². The van der Waals surface area contributed by atoms with Crippen LogP contribution in [0.1, 0.15) is 82.5 Å². The maximum atomic E-state index is 14.8. The summed E-state index contributed by atoms with van der Waals surface area (Å²) in [6.07, 6.45) is 12.0. The molecule has 3 saturated carbocycles. The number of ketones is 1. The Kier molecular flexibility index (Phi) is 8.08. The monoisotopic (exact) mass is 689 g/mol. The largest absolute Gasteiger partial charge is 0.497 e. The highest BCUT2D eigenvalue weighted by Gasteiger charge is 2.74. The number of nitrogens with zero attached hydrogens (tertiary/aromatic N) is 1. The lowest BCUT2D eigenvalue weighted by Gasteiger charge is -2.71. The van der Waals surface area contributed by atoms with Crippen LogP contribution in [0.5, 0.6) is 11.5 Å². The minimum Gasteiger partial charge on any atom is -0.497 e. The van der Waals surface area contributed by atoms with Gasteiger partial charge in [-0.15, -0.1) is 0 Å². The van der Waals surface area contributed by atoms with Gasteiger partial charge >= 0.3 is 6.09 Å². The minimum atomic E-state index is -1.17. The molecule has 51 heavy (non-hydrogen) atoms. The van der Waals surface area contributed by atoms with Crippen molar-refractivity contribution in [1.29, 1.82) is 0 Å². The highest BCUT2D eigenvalue weighted by molar-refractivity contribution is 6.10. The Morgan fingerprint density at radius 2 is 1.55 bits per heavy atom. The number of carbonyl (C=O) groups is 2. The molecule has 6 aliphatic rings. The van der Waals surface area contributed by atoms with Crippen molar-refractivity contribution in [2.45, 2.75) is 83.8 Å². The standard InChI is InChI=1S/C44H51NO6/c1-5-24-45(39(48)51-34-15-10-29-8-6-7-9-31(29)25-34)28-43(49)21-18-37-41(43,3)20-17-36-40(2)19-16-32(46)26-42(40)22-23-44(36,37)35(27-42)38(47)30-11-13-33(50-4)14-12-30/h6-15,22-23,25,27,32,36-37,46,49H,5,16-21,24,26,28H2,1-4H3/t32?,36-,37-,40-,41+,42+,43-,44-/m1/s1. The molecule has 6 aliphatic carbocycles. The van der Waals surface area contributed by atoms with Crippen LogP contribution >= 0.6 is 0 Å². The van der Waals surface area contributed by atoms with E-state index in [9.17, 15) is 19.8 Å². The van der Waals surface area contributed by atoms with Crippen molar-refractivity contribution in [2.24, 2.45) is 33.5 Å². The van der Waals surface area contributed by atoms with Crippen LogP contribution in [0.25, 0.3) is 10.8 Å². The molecule has 0 saturated heterocycles. The SMILES string of the molecule is CCCN(C[C@]1(O)CC[C@H]2[C@]34C=C[C@@]5(C=C3C(=O)c3ccc(OC)cc3)CC(O)CC[C@]5(C)[C@H]4CC[C@@]21C)C(=O)Oc1ccc2ccccc2c1. The van der Waals surface area contributed by atoms with Crippen LogP contribution in [-0.4, -0.2) is 58.9 Å². The molecule has 7 nitrogen and oxygen atoms in total. The molecule has 3 fully saturated rings. The zero-order valence-electron chi connectivity index (χ0n) is 30.4. The Morgan fingerprint density at radius 3 is 2.29 bits per heavy atom. The molecular formula is C44H51NO6. The summed E-state index contributed by atoms with van der Waals surface area (Å²) in [5, 5.41) is 26.0. The molecule has 3 aromatic rings. The van der Waals surface area contributed by atoms with E-state index in [-0.39, 0.29) is 29.6 Å². The predicted octanol–water partition coefficient (Wildman–Crippen LogP) is 8.53. The van der Waals surface area contributed by atoms with E-state index in [4.69, 9.17) is 9.47 Å². The molecule has 7 heteroatoms. The maximum Gasteiger partial charge on any atom is 0.415 e. The summed E-state index contributed by atoms with van der Waals surface area (Å²) >= 11 is 0. The van der Waals surface area contributed by atoms with E-state index >= 15 is 0 Å². The third kappa shape index (κ3) is 4.90. The summed E-state index contributed by atoms with van der Waals surface area (Å²) < 4.78 is 11.4. The van der Waals surface area contributed by atoms with Gasteiger partial charge in [-0.2, -0.15) is 0 Å². The summed E-state index contributed by atoms with van der Waals surface area (Å²) in [6.45, 7) is 7.27. The topological polar surface area (TPSA) is 96.3 Å². The number of amides is 1. The first-order chi connectivity index (χ1) is 24.4. The molecule has 0 radical (unpaired) electrons. The molecule has 9 rings (SSSR count). The zero-order valence-corrected chi connectivity index (χ0v) is 30.4. The van der Waals surface area contributed by atoms with Crippen LogP contribution in [0.15, 0.2) is 90.5 Å². The normalized spacial score (nSPS) is 36.1. The van der Waals surface area contributed by atoms with Crippen molar-refractivity contribution < 1.29 is 29.3 Å². The second kappa shape index (κ2) is 12.1.